The van der Waals surface area contributed by atoms with Crippen LogP contribution in [0.25, 0.3) is 22.2 Å². The number of carbonyl (C=O) groups is 1. The molecule has 10 nitrogen and oxygen atoms in total. The minimum Gasteiger partial charge on any atom is -0.478 e. The van der Waals surface area contributed by atoms with Crippen LogP contribution >= 0.6 is 0 Å². The van der Waals surface area contributed by atoms with Gasteiger partial charge in [0, 0.05) is 30.4 Å². The van der Waals surface area contributed by atoms with Crippen LogP contribution in [0.5, 0.6) is 5.88 Å². The molecule has 1 unspecified atom stereocenters. The first-order valence-electron chi connectivity index (χ1n) is 10.9. The van der Waals surface area contributed by atoms with Gasteiger partial charge in [-0.2, -0.15) is 0 Å². The lowest BCUT2D eigenvalue weighted by molar-refractivity contribution is -0.117. The Hall–Kier alpha value is -3.92. The summed E-state index contributed by atoms with van der Waals surface area (Å²) >= 11 is 0. The number of nitrogens with zero attached hydrogens (tertiary/aromatic N) is 4. The first-order chi connectivity index (χ1) is 16.0. The Labute approximate surface area is 190 Å². The van der Waals surface area contributed by atoms with E-state index in [9.17, 15) is 4.79 Å². The van der Waals surface area contributed by atoms with Crippen LogP contribution in [0, 0.1) is 6.92 Å². The number of hydrogen-bond acceptors (Lipinski definition) is 7. The smallest absolute Gasteiger partial charge is 0.256 e. The van der Waals surface area contributed by atoms with E-state index in [-0.39, 0.29) is 11.9 Å². The number of fused-ring (bicyclic) bond motifs is 1. The Bertz CT molecular complexity index is 1320. The monoisotopic (exact) mass is 446 g/mol. The Morgan fingerprint density at radius 3 is 2.97 bits per heavy atom. The third-order valence-electron chi connectivity index (χ3n) is 5.81. The second kappa shape index (κ2) is 8.55. The SMILES string of the molecule is COc1nn(C)cc1Nc1ncc(C)c(-c2c[nH]c3c(NC(=O)C4CCCN4)cccc23)n1. The van der Waals surface area contributed by atoms with Crippen molar-refractivity contribution in [3.05, 3.63) is 42.4 Å². The second-order valence-corrected chi connectivity index (χ2v) is 8.14. The first-order valence-corrected chi connectivity index (χ1v) is 10.9. The quantitative estimate of drug-likeness (QED) is 0.359. The van der Waals surface area contributed by atoms with Crippen LogP contribution in [-0.4, -0.2) is 50.3 Å². The largest absolute Gasteiger partial charge is 0.478 e. The molecule has 0 radical (unpaired) electrons. The second-order valence-electron chi connectivity index (χ2n) is 8.14. The molecule has 170 valence electrons. The highest BCUT2D eigenvalue weighted by Gasteiger charge is 2.23. The standard InChI is InChI=1S/C23H26N8O2/c1-13-10-26-23(28-18-12-31(2)30-22(18)33-3)29-19(13)15-11-25-20-14(15)6-4-7-16(20)27-21(32)17-8-5-9-24-17/h4,6-7,10-12,17,24-25H,5,8-9H2,1-3H3,(H,27,32)(H,26,28,29). The predicted octanol–water partition coefficient (Wildman–Crippen LogP) is 3.11. The Morgan fingerprint density at radius 2 is 2.18 bits per heavy atom. The molecule has 1 fully saturated rings. The molecule has 1 aromatic carbocycles. The topological polar surface area (TPSA) is 122 Å². The number of nitrogens with one attached hydrogen (secondary N) is 4. The summed E-state index contributed by atoms with van der Waals surface area (Å²) in [7, 11) is 3.39. The number of anilines is 3. The lowest BCUT2D eigenvalue weighted by atomic mass is 10.1. The number of para-hydroxylation sites is 1. The predicted molar refractivity (Wildman–Crippen MR) is 127 cm³/mol. The van der Waals surface area contributed by atoms with Gasteiger partial charge in [-0.1, -0.05) is 12.1 Å². The van der Waals surface area contributed by atoms with E-state index in [4.69, 9.17) is 9.72 Å². The fraction of sp³-hybridized carbons (Fsp3) is 0.304. The van der Waals surface area contributed by atoms with Crippen LogP contribution in [0.3, 0.4) is 0 Å². The normalized spacial score (nSPS) is 15.7. The Morgan fingerprint density at radius 1 is 1.30 bits per heavy atom. The van der Waals surface area contributed by atoms with Gasteiger partial charge in [0.15, 0.2) is 0 Å². The molecular weight excluding hydrogens is 420 g/mol. The average Bonchev–Trinajstić information content (AvgIpc) is 3.55. The molecule has 0 spiro atoms. The minimum atomic E-state index is -0.142. The molecular formula is C23H26N8O2. The lowest BCUT2D eigenvalue weighted by Gasteiger charge is -2.12. The van der Waals surface area contributed by atoms with Crippen molar-refractivity contribution in [3.63, 3.8) is 0 Å². The van der Waals surface area contributed by atoms with E-state index >= 15 is 0 Å². The molecule has 4 aromatic rings. The molecule has 4 N–H and O–H groups in total. The van der Waals surface area contributed by atoms with Crippen LogP contribution < -0.4 is 20.7 Å². The molecule has 0 bridgehead atoms. The number of hydrogen-bond donors (Lipinski definition) is 4. The van der Waals surface area contributed by atoms with Gasteiger partial charge in [0.2, 0.25) is 11.9 Å². The number of amides is 1. The van der Waals surface area contributed by atoms with Crippen molar-refractivity contribution in [2.45, 2.75) is 25.8 Å². The summed E-state index contributed by atoms with van der Waals surface area (Å²) in [6.45, 7) is 2.85. The third-order valence-corrected chi connectivity index (χ3v) is 5.81. The molecule has 33 heavy (non-hydrogen) atoms. The first kappa shape index (κ1) is 21.0. The molecule has 5 rings (SSSR count). The Balaban J connectivity index is 1.47. The van der Waals surface area contributed by atoms with E-state index in [1.54, 1.807) is 18.0 Å². The molecule has 1 atom stereocenters. The van der Waals surface area contributed by atoms with Crippen molar-refractivity contribution in [2.24, 2.45) is 7.05 Å². The minimum absolute atomic E-state index is 0.00808. The summed E-state index contributed by atoms with van der Waals surface area (Å²) in [5.41, 5.74) is 4.95. The van der Waals surface area contributed by atoms with Crippen molar-refractivity contribution in [1.82, 2.24) is 30.0 Å². The summed E-state index contributed by atoms with van der Waals surface area (Å²) in [6.07, 6.45) is 7.38. The van der Waals surface area contributed by atoms with Gasteiger partial charge in [-0.25, -0.2) is 9.97 Å². The van der Waals surface area contributed by atoms with Crippen molar-refractivity contribution < 1.29 is 9.53 Å². The summed E-state index contributed by atoms with van der Waals surface area (Å²) in [5, 5.41) is 14.7. The molecule has 0 saturated carbocycles. The molecule has 3 aromatic heterocycles. The summed E-state index contributed by atoms with van der Waals surface area (Å²) in [4.78, 5) is 25.1. The van der Waals surface area contributed by atoms with Crippen LogP contribution in [0.15, 0.2) is 36.8 Å². The molecule has 1 saturated heterocycles. The molecule has 1 aliphatic heterocycles. The van der Waals surface area contributed by atoms with Crippen LogP contribution in [0.1, 0.15) is 18.4 Å². The molecule has 1 aliphatic rings. The molecule has 1 amide bonds. The third kappa shape index (κ3) is 4.00. The highest BCUT2D eigenvalue weighted by Crippen LogP contribution is 2.34. The summed E-state index contributed by atoms with van der Waals surface area (Å²) in [6, 6.07) is 5.72. The highest BCUT2D eigenvalue weighted by atomic mass is 16.5. The van der Waals surface area contributed by atoms with Crippen molar-refractivity contribution in [3.8, 4) is 17.1 Å². The van der Waals surface area contributed by atoms with E-state index in [1.807, 2.05) is 44.6 Å². The zero-order valence-electron chi connectivity index (χ0n) is 18.8. The van der Waals surface area contributed by atoms with Crippen LogP contribution in [-0.2, 0) is 11.8 Å². The van der Waals surface area contributed by atoms with Gasteiger partial charge >= 0.3 is 0 Å². The Kier molecular flexibility index (Phi) is 5.43. The van der Waals surface area contributed by atoms with Crippen molar-refractivity contribution in [1.29, 1.82) is 0 Å². The molecule has 10 heteroatoms. The average molecular weight is 447 g/mol. The van der Waals surface area contributed by atoms with E-state index in [0.717, 1.165) is 52.8 Å². The number of aryl methyl sites for hydroxylation is 2. The van der Waals surface area contributed by atoms with Crippen molar-refractivity contribution in [2.75, 3.05) is 24.3 Å². The summed E-state index contributed by atoms with van der Waals surface area (Å²) in [5.74, 6) is 0.895. The zero-order chi connectivity index (χ0) is 22.9. The zero-order valence-corrected chi connectivity index (χ0v) is 18.8. The number of methoxy groups -OCH3 is 1. The van der Waals surface area contributed by atoms with Gasteiger partial charge in [-0.15, -0.1) is 5.10 Å². The fourth-order valence-electron chi connectivity index (χ4n) is 4.18. The number of ether oxygens (including phenoxy) is 1. The van der Waals surface area contributed by atoms with Crippen LogP contribution in [0.4, 0.5) is 17.3 Å². The fourth-order valence-corrected chi connectivity index (χ4v) is 4.18. The van der Waals surface area contributed by atoms with Crippen molar-refractivity contribution >= 4 is 34.1 Å². The summed E-state index contributed by atoms with van der Waals surface area (Å²) < 4.78 is 6.97. The number of carbonyl (C=O) groups excluding carboxylic acids is 1. The van der Waals surface area contributed by atoms with Crippen LogP contribution in [0.2, 0.25) is 0 Å². The van der Waals surface area contributed by atoms with E-state index in [1.165, 1.54) is 0 Å². The highest BCUT2D eigenvalue weighted by molar-refractivity contribution is 6.06. The van der Waals surface area contributed by atoms with Gasteiger partial charge in [-0.05, 0) is 37.9 Å². The number of aromatic amines is 1. The number of rotatable bonds is 6. The molecule has 0 aliphatic carbocycles. The lowest BCUT2D eigenvalue weighted by Crippen LogP contribution is -2.35. The number of H-pyrrole nitrogens is 1. The maximum Gasteiger partial charge on any atom is 0.256 e. The molecule has 4 heterocycles. The van der Waals surface area contributed by atoms with Gasteiger partial charge in [0.1, 0.15) is 5.69 Å². The van der Waals surface area contributed by atoms with E-state index < -0.39 is 0 Å². The van der Waals surface area contributed by atoms with Gasteiger partial charge in [-0.3, -0.25) is 9.48 Å². The van der Waals surface area contributed by atoms with Gasteiger partial charge in [0.25, 0.3) is 5.88 Å². The van der Waals surface area contributed by atoms with E-state index in [0.29, 0.717) is 17.5 Å². The maximum atomic E-state index is 12.6. The number of benzene rings is 1. The van der Waals surface area contributed by atoms with E-state index in [2.05, 4.69) is 31.0 Å². The van der Waals surface area contributed by atoms with Gasteiger partial charge < -0.3 is 25.7 Å². The maximum absolute atomic E-state index is 12.6. The number of aromatic nitrogens is 5. The van der Waals surface area contributed by atoms with Gasteiger partial charge in [0.05, 0.1) is 36.2 Å².